The molecule has 0 unspecified atom stereocenters. The Balaban J connectivity index is 0. The summed E-state index contributed by atoms with van der Waals surface area (Å²) >= 11 is 0. The zero-order chi connectivity index (χ0) is 19.6. The van der Waals surface area contributed by atoms with E-state index in [1.165, 1.54) is 0 Å². The van der Waals surface area contributed by atoms with E-state index < -0.39 is 17.6 Å². The minimum atomic E-state index is -2.35. The van der Waals surface area contributed by atoms with Crippen LogP contribution in [0.5, 0.6) is 0 Å². The maximum Gasteiger partial charge on any atom is 0.500 e. The predicted molar refractivity (Wildman–Crippen MR) is 103 cm³/mol. The summed E-state index contributed by atoms with van der Waals surface area (Å²) in [5, 5.41) is 3.21. The molecule has 0 saturated heterocycles. The van der Waals surface area contributed by atoms with Crippen LogP contribution in [0.25, 0.3) is 0 Å². The Morgan fingerprint density at radius 2 is 1.00 bits per heavy atom. The van der Waals surface area contributed by atoms with Gasteiger partial charge in [-0.1, -0.05) is 0 Å². The van der Waals surface area contributed by atoms with Crippen molar-refractivity contribution >= 4 is 17.6 Å². The van der Waals surface area contributed by atoms with Crippen LogP contribution in [0.2, 0.25) is 12.1 Å². The van der Waals surface area contributed by atoms with Gasteiger partial charge in [-0.2, -0.15) is 0 Å². The van der Waals surface area contributed by atoms with Crippen molar-refractivity contribution < 1.29 is 26.6 Å². The van der Waals surface area contributed by atoms with Gasteiger partial charge in [0.2, 0.25) is 0 Å². The van der Waals surface area contributed by atoms with Gasteiger partial charge in [0.1, 0.15) is 0 Å². The highest BCUT2D eigenvalue weighted by atomic mass is 28.4. The fourth-order valence-electron chi connectivity index (χ4n) is 2.09. The summed E-state index contributed by atoms with van der Waals surface area (Å²) in [6.07, 6.45) is 1.85. The SMILES string of the molecule is CO[Si](CCCN)(OC)OC.CO[Si](CCCNCCN)(OC)OC. The average Bonchev–Trinajstić information content (AvgIpc) is 2.67. The monoisotopic (exact) mass is 401 g/mol. The van der Waals surface area contributed by atoms with Crippen LogP contribution in [0.3, 0.4) is 0 Å². The van der Waals surface area contributed by atoms with E-state index in [4.69, 9.17) is 38.0 Å². The Morgan fingerprint density at radius 1 is 0.600 bits per heavy atom. The molecule has 0 fully saturated rings. The lowest BCUT2D eigenvalue weighted by Crippen LogP contribution is -2.43. The van der Waals surface area contributed by atoms with E-state index in [2.05, 4.69) is 5.32 Å². The second kappa shape index (κ2) is 17.5. The van der Waals surface area contributed by atoms with E-state index in [1.54, 1.807) is 42.7 Å². The van der Waals surface area contributed by atoms with E-state index in [0.717, 1.165) is 38.0 Å². The molecule has 154 valence electrons. The van der Waals surface area contributed by atoms with Gasteiger partial charge in [0.15, 0.2) is 0 Å². The van der Waals surface area contributed by atoms with Crippen molar-refractivity contribution in [1.82, 2.24) is 5.32 Å². The first-order chi connectivity index (χ1) is 12.0. The second-order valence-electron chi connectivity index (χ2n) is 5.13. The summed E-state index contributed by atoms with van der Waals surface area (Å²) in [5.74, 6) is 0. The molecule has 25 heavy (non-hydrogen) atoms. The molecule has 9 nitrogen and oxygen atoms in total. The third-order valence-electron chi connectivity index (χ3n) is 3.71. The van der Waals surface area contributed by atoms with Gasteiger partial charge in [-0.15, -0.1) is 0 Å². The molecule has 5 N–H and O–H groups in total. The molecule has 0 bridgehead atoms. The van der Waals surface area contributed by atoms with Crippen LogP contribution >= 0.6 is 0 Å². The highest BCUT2D eigenvalue weighted by Gasteiger charge is 2.37. The standard InChI is InChI=1S/C8H22N2O3Si.C6H17NO3Si/c1-11-14(12-2,13-3)8-4-6-10-7-5-9;1-8-11(9-2,10-3)6-4-5-7/h10H,4-9H2,1-3H3;4-7H2,1-3H3. The third kappa shape index (κ3) is 12.1. The molecule has 0 aromatic rings. The first kappa shape index (κ1) is 27.3. The Hall–Kier alpha value is 0.0738. The molecule has 0 atom stereocenters. The molecule has 0 radical (unpaired) electrons. The molecule has 0 heterocycles. The molecule has 0 aliphatic rings. The normalized spacial score (nSPS) is 12.0. The molecule has 0 aliphatic carbocycles. The maximum atomic E-state index is 5.36. The topological polar surface area (TPSA) is 119 Å². The summed E-state index contributed by atoms with van der Waals surface area (Å²) in [6.45, 7) is 3.08. The van der Waals surface area contributed by atoms with Crippen LogP contribution in [0.15, 0.2) is 0 Å². The van der Waals surface area contributed by atoms with Crippen molar-refractivity contribution in [3.63, 3.8) is 0 Å². The van der Waals surface area contributed by atoms with Crippen molar-refractivity contribution in [3.05, 3.63) is 0 Å². The fourth-order valence-corrected chi connectivity index (χ4v) is 5.56. The molecule has 0 spiro atoms. The second-order valence-corrected chi connectivity index (χ2v) is 11.3. The van der Waals surface area contributed by atoms with Crippen molar-refractivity contribution in [2.75, 3.05) is 68.8 Å². The Labute approximate surface area is 155 Å². The lowest BCUT2D eigenvalue weighted by atomic mass is 10.5. The van der Waals surface area contributed by atoms with Crippen molar-refractivity contribution in [2.24, 2.45) is 11.5 Å². The van der Waals surface area contributed by atoms with Crippen LogP contribution in [-0.2, 0) is 26.6 Å². The van der Waals surface area contributed by atoms with Gasteiger partial charge < -0.3 is 43.3 Å². The van der Waals surface area contributed by atoms with Crippen LogP contribution < -0.4 is 16.8 Å². The number of hydrogen-bond donors (Lipinski definition) is 3. The minimum Gasteiger partial charge on any atom is -0.377 e. The molecule has 11 heteroatoms. The van der Waals surface area contributed by atoms with Crippen LogP contribution in [0.4, 0.5) is 0 Å². The lowest BCUT2D eigenvalue weighted by molar-refractivity contribution is 0.122. The van der Waals surface area contributed by atoms with Gasteiger partial charge >= 0.3 is 17.6 Å². The molecule has 0 saturated carbocycles. The highest BCUT2D eigenvalue weighted by Crippen LogP contribution is 2.14. The zero-order valence-electron chi connectivity index (χ0n) is 16.8. The summed E-state index contributed by atoms with van der Waals surface area (Å²) in [7, 11) is 5.05. The third-order valence-corrected chi connectivity index (χ3v) is 9.37. The number of nitrogens with two attached hydrogens (primary N) is 2. The van der Waals surface area contributed by atoms with E-state index in [0.29, 0.717) is 13.1 Å². The molecule has 0 rings (SSSR count). The largest absolute Gasteiger partial charge is 0.500 e. The molecule has 0 aliphatic heterocycles. The van der Waals surface area contributed by atoms with E-state index >= 15 is 0 Å². The van der Waals surface area contributed by atoms with Gasteiger partial charge in [-0.3, -0.25) is 0 Å². The van der Waals surface area contributed by atoms with Gasteiger partial charge in [-0.05, 0) is 25.9 Å². The zero-order valence-corrected chi connectivity index (χ0v) is 18.8. The molecule has 0 amide bonds. The van der Waals surface area contributed by atoms with Crippen molar-refractivity contribution in [3.8, 4) is 0 Å². The van der Waals surface area contributed by atoms with Gasteiger partial charge in [0.05, 0.1) is 0 Å². The number of hydrogen-bond acceptors (Lipinski definition) is 9. The Kier molecular flexibility index (Phi) is 19.1. The number of rotatable bonds is 15. The molecule has 0 aromatic heterocycles. The predicted octanol–water partition coefficient (Wildman–Crippen LogP) is 0.0162. The average molecular weight is 402 g/mol. The van der Waals surface area contributed by atoms with Crippen LogP contribution in [0, 0.1) is 0 Å². The van der Waals surface area contributed by atoms with E-state index in [-0.39, 0.29) is 0 Å². The van der Waals surface area contributed by atoms with Crippen LogP contribution in [-0.4, -0.2) is 86.4 Å². The van der Waals surface area contributed by atoms with Crippen LogP contribution in [0.1, 0.15) is 12.8 Å². The molecular formula is C14H39N3O6Si2. The lowest BCUT2D eigenvalue weighted by Gasteiger charge is -2.24. The summed E-state index contributed by atoms with van der Waals surface area (Å²) in [4.78, 5) is 0. The summed E-state index contributed by atoms with van der Waals surface area (Å²) < 4.78 is 31.4. The summed E-state index contributed by atoms with van der Waals surface area (Å²) in [5.41, 5.74) is 10.7. The Bertz CT molecular complexity index is 269. The number of nitrogens with one attached hydrogen (secondary N) is 1. The van der Waals surface area contributed by atoms with Gasteiger partial charge in [0, 0.05) is 67.8 Å². The minimum absolute atomic E-state index is 0.644. The van der Waals surface area contributed by atoms with E-state index in [9.17, 15) is 0 Å². The fraction of sp³-hybridized carbons (Fsp3) is 1.00. The molecular weight excluding hydrogens is 362 g/mol. The smallest absolute Gasteiger partial charge is 0.377 e. The van der Waals surface area contributed by atoms with Crippen molar-refractivity contribution in [1.29, 1.82) is 0 Å². The highest BCUT2D eigenvalue weighted by molar-refractivity contribution is 6.60. The first-order valence-electron chi connectivity index (χ1n) is 8.40. The van der Waals surface area contributed by atoms with Gasteiger partial charge in [0.25, 0.3) is 0 Å². The maximum absolute atomic E-state index is 5.36. The first-order valence-corrected chi connectivity index (χ1v) is 12.3. The Morgan fingerprint density at radius 3 is 1.32 bits per heavy atom. The quantitative estimate of drug-likeness (QED) is 0.257. The van der Waals surface area contributed by atoms with E-state index in [1.807, 2.05) is 0 Å². The van der Waals surface area contributed by atoms with Crippen molar-refractivity contribution in [2.45, 2.75) is 24.9 Å². The molecule has 0 aromatic carbocycles. The van der Waals surface area contributed by atoms with Gasteiger partial charge in [-0.25, -0.2) is 0 Å². The summed E-state index contributed by atoms with van der Waals surface area (Å²) in [6, 6.07) is 1.61.